The maximum absolute atomic E-state index is 5.75. The Bertz CT molecular complexity index is 1150. The van der Waals surface area contributed by atoms with E-state index in [9.17, 15) is 0 Å². The third-order valence-electron chi connectivity index (χ3n) is 4.76. The van der Waals surface area contributed by atoms with Gasteiger partial charge in [-0.3, -0.25) is 4.98 Å². The number of aromatic nitrogens is 2. The van der Waals surface area contributed by atoms with Crippen molar-refractivity contribution in [3.63, 3.8) is 0 Å². The summed E-state index contributed by atoms with van der Waals surface area (Å²) < 4.78 is 16.6. The molecular formula is C23H24Cl2N2O3. The number of ether oxygens (including phenoxy) is 3. The van der Waals surface area contributed by atoms with Crippen LogP contribution in [0.5, 0.6) is 17.2 Å². The number of methoxy groups -OCH3 is 2. The largest absolute Gasteiger partial charge is 0.493 e. The lowest BCUT2D eigenvalue weighted by Crippen LogP contribution is -1.98. The monoisotopic (exact) mass is 446 g/mol. The fraction of sp³-hybridized carbons (Fsp3) is 0.217. The molecule has 158 valence electrons. The van der Waals surface area contributed by atoms with Crippen LogP contribution in [0.25, 0.3) is 21.7 Å². The normalized spacial score (nSPS) is 10.2. The summed E-state index contributed by atoms with van der Waals surface area (Å²) in [6.07, 6.45) is 4.38. The summed E-state index contributed by atoms with van der Waals surface area (Å²) in [5.41, 5.74) is 2.93. The Morgan fingerprint density at radius 2 is 1.60 bits per heavy atom. The highest BCUT2D eigenvalue weighted by Crippen LogP contribution is 2.34. The quantitative estimate of drug-likeness (QED) is 0.383. The minimum Gasteiger partial charge on any atom is -0.493 e. The summed E-state index contributed by atoms with van der Waals surface area (Å²) in [5.74, 6) is 2.20. The molecule has 4 rings (SSSR count). The number of para-hydroxylation sites is 1. The second-order valence-electron chi connectivity index (χ2n) is 6.47. The number of halogens is 2. The Morgan fingerprint density at radius 3 is 2.33 bits per heavy atom. The minimum atomic E-state index is 0. The molecule has 0 aliphatic carbocycles. The van der Waals surface area contributed by atoms with Gasteiger partial charge < -0.3 is 14.2 Å². The lowest BCUT2D eigenvalue weighted by atomic mass is 10.0. The molecule has 4 aromatic rings. The zero-order chi connectivity index (χ0) is 19.5. The maximum atomic E-state index is 5.75. The van der Waals surface area contributed by atoms with Crippen LogP contribution in [0.4, 0.5) is 0 Å². The van der Waals surface area contributed by atoms with Gasteiger partial charge in [0.25, 0.3) is 0 Å². The van der Waals surface area contributed by atoms with E-state index in [4.69, 9.17) is 19.2 Å². The van der Waals surface area contributed by atoms with Gasteiger partial charge in [0, 0.05) is 35.3 Å². The van der Waals surface area contributed by atoms with Gasteiger partial charge in [0.2, 0.25) is 0 Å². The van der Waals surface area contributed by atoms with E-state index >= 15 is 0 Å². The summed E-state index contributed by atoms with van der Waals surface area (Å²) >= 11 is 0. The second kappa shape index (κ2) is 10.3. The van der Waals surface area contributed by atoms with Gasteiger partial charge in [-0.15, -0.1) is 24.8 Å². The summed E-state index contributed by atoms with van der Waals surface area (Å²) in [7, 11) is 3.28. The zero-order valence-corrected chi connectivity index (χ0v) is 18.7. The van der Waals surface area contributed by atoms with Gasteiger partial charge in [-0.25, -0.2) is 4.98 Å². The molecule has 5 nitrogen and oxygen atoms in total. The van der Waals surface area contributed by atoms with Crippen molar-refractivity contribution in [3.8, 4) is 17.2 Å². The molecule has 0 atom stereocenters. The third kappa shape index (κ3) is 4.53. The van der Waals surface area contributed by atoms with Gasteiger partial charge in [0.1, 0.15) is 11.3 Å². The van der Waals surface area contributed by atoms with Crippen LogP contribution in [0.2, 0.25) is 0 Å². The van der Waals surface area contributed by atoms with Gasteiger partial charge in [-0.1, -0.05) is 18.2 Å². The molecule has 2 aromatic heterocycles. The minimum absolute atomic E-state index is 0. The molecular weight excluding hydrogens is 423 g/mol. The number of fused-ring (bicyclic) bond motifs is 2. The topological polar surface area (TPSA) is 53.5 Å². The van der Waals surface area contributed by atoms with Crippen LogP contribution < -0.4 is 14.2 Å². The Morgan fingerprint density at radius 1 is 0.833 bits per heavy atom. The first-order valence-electron chi connectivity index (χ1n) is 9.23. The number of rotatable bonds is 6. The number of nitrogens with zero attached hydrogens (tertiary/aromatic N) is 2. The SMILES string of the molecule is CCOc1cccc2ccc(Cc3cncc4cc(OC)c(OC)cc34)nc12.Cl.Cl. The average Bonchev–Trinajstić information content (AvgIpc) is 2.73. The molecule has 0 saturated heterocycles. The van der Waals surface area contributed by atoms with Crippen LogP contribution in [0.3, 0.4) is 0 Å². The van der Waals surface area contributed by atoms with Crippen LogP contribution in [0.15, 0.2) is 54.9 Å². The highest BCUT2D eigenvalue weighted by molar-refractivity contribution is 5.89. The van der Waals surface area contributed by atoms with Gasteiger partial charge in [-0.2, -0.15) is 0 Å². The molecule has 0 saturated carbocycles. The van der Waals surface area contributed by atoms with Crippen LogP contribution >= 0.6 is 24.8 Å². The molecule has 0 N–H and O–H groups in total. The highest BCUT2D eigenvalue weighted by atomic mass is 35.5. The van der Waals surface area contributed by atoms with E-state index in [1.807, 2.05) is 49.6 Å². The summed E-state index contributed by atoms with van der Waals surface area (Å²) in [6, 6.07) is 14.1. The molecule has 7 heteroatoms. The molecule has 0 unspecified atom stereocenters. The van der Waals surface area contributed by atoms with Crippen molar-refractivity contribution in [1.29, 1.82) is 0 Å². The number of pyridine rings is 2. The summed E-state index contributed by atoms with van der Waals surface area (Å²) in [4.78, 5) is 9.26. The lowest BCUT2D eigenvalue weighted by molar-refractivity contribution is 0.343. The van der Waals surface area contributed by atoms with Crippen LogP contribution in [-0.2, 0) is 6.42 Å². The van der Waals surface area contributed by atoms with E-state index in [0.29, 0.717) is 24.5 Å². The lowest BCUT2D eigenvalue weighted by Gasteiger charge is -2.12. The maximum Gasteiger partial charge on any atom is 0.161 e. The van der Waals surface area contributed by atoms with Crippen molar-refractivity contribution in [2.24, 2.45) is 0 Å². The molecule has 2 heterocycles. The molecule has 30 heavy (non-hydrogen) atoms. The molecule has 0 fully saturated rings. The Labute approximate surface area is 188 Å². The first-order valence-corrected chi connectivity index (χ1v) is 9.23. The summed E-state index contributed by atoms with van der Waals surface area (Å²) in [6.45, 7) is 2.59. The summed E-state index contributed by atoms with van der Waals surface area (Å²) in [5, 5.41) is 3.15. The van der Waals surface area contributed by atoms with Gasteiger partial charge in [0.05, 0.1) is 20.8 Å². The average molecular weight is 447 g/mol. The van der Waals surface area contributed by atoms with E-state index < -0.39 is 0 Å². The first-order chi connectivity index (χ1) is 13.7. The van der Waals surface area contributed by atoms with E-state index in [-0.39, 0.29) is 24.8 Å². The molecule has 0 bridgehead atoms. The molecule has 0 aliphatic rings. The van der Waals surface area contributed by atoms with E-state index in [0.717, 1.165) is 38.7 Å². The van der Waals surface area contributed by atoms with Crippen molar-refractivity contribution < 1.29 is 14.2 Å². The first kappa shape index (κ1) is 23.5. The molecule has 0 aliphatic heterocycles. The highest BCUT2D eigenvalue weighted by Gasteiger charge is 2.11. The number of hydrogen-bond acceptors (Lipinski definition) is 5. The zero-order valence-electron chi connectivity index (χ0n) is 17.0. The van der Waals surface area contributed by atoms with Crippen LogP contribution in [-0.4, -0.2) is 30.8 Å². The standard InChI is InChI=1S/C23H22N2O3.2ClH/c1-4-28-20-7-5-6-15-8-9-18(25-23(15)20)10-16-13-24-14-17-11-21(26-2)22(27-3)12-19(16)17;;/h5-9,11-14H,4,10H2,1-3H3;2*1H. The van der Waals surface area contributed by atoms with Gasteiger partial charge >= 0.3 is 0 Å². The van der Waals surface area contributed by atoms with E-state index in [1.165, 1.54) is 0 Å². The van der Waals surface area contributed by atoms with Crippen molar-refractivity contribution in [2.75, 3.05) is 20.8 Å². The number of hydrogen-bond donors (Lipinski definition) is 0. The Balaban J connectivity index is 0.00000160. The number of benzene rings is 2. The third-order valence-corrected chi connectivity index (χ3v) is 4.76. The molecule has 0 spiro atoms. The predicted octanol–water partition coefficient (Wildman–Crippen LogP) is 5.63. The van der Waals surface area contributed by atoms with Crippen molar-refractivity contribution in [3.05, 3.63) is 66.1 Å². The molecule has 2 aromatic carbocycles. The van der Waals surface area contributed by atoms with Crippen molar-refractivity contribution in [1.82, 2.24) is 9.97 Å². The van der Waals surface area contributed by atoms with E-state index in [2.05, 4.69) is 17.1 Å². The second-order valence-corrected chi connectivity index (χ2v) is 6.47. The molecule has 0 amide bonds. The Hall–Kier alpha value is -2.76. The smallest absolute Gasteiger partial charge is 0.161 e. The van der Waals surface area contributed by atoms with Gasteiger partial charge in [-0.05, 0) is 42.1 Å². The Kier molecular flexibility index (Phi) is 8.09. The van der Waals surface area contributed by atoms with Crippen LogP contribution in [0.1, 0.15) is 18.2 Å². The van der Waals surface area contributed by atoms with Crippen molar-refractivity contribution in [2.45, 2.75) is 13.3 Å². The van der Waals surface area contributed by atoms with E-state index in [1.54, 1.807) is 14.2 Å². The predicted molar refractivity (Wildman–Crippen MR) is 125 cm³/mol. The molecule has 0 radical (unpaired) electrons. The van der Waals surface area contributed by atoms with Crippen LogP contribution in [0, 0.1) is 0 Å². The van der Waals surface area contributed by atoms with Crippen molar-refractivity contribution >= 4 is 46.5 Å². The fourth-order valence-electron chi connectivity index (χ4n) is 3.42. The van der Waals surface area contributed by atoms with Gasteiger partial charge in [0.15, 0.2) is 11.5 Å². The fourth-order valence-corrected chi connectivity index (χ4v) is 3.42.